The van der Waals surface area contributed by atoms with Crippen LogP contribution in [0.15, 0.2) is 77.9 Å². The predicted octanol–water partition coefficient (Wildman–Crippen LogP) is 6.55. The van der Waals surface area contributed by atoms with Crippen molar-refractivity contribution in [2.45, 2.75) is 38.0 Å². The first kappa shape index (κ1) is 23.3. The Labute approximate surface area is 199 Å². The second kappa shape index (κ2) is 11.8. The number of nitrogens with zero attached hydrogens (tertiary/aromatic N) is 2. The van der Waals surface area contributed by atoms with Gasteiger partial charge in [-0.15, -0.1) is 0 Å². The maximum Gasteiger partial charge on any atom is 0.269 e. The van der Waals surface area contributed by atoms with E-state index in [2.05, 4.69) is 34.8 Å². The average molecular weight is 460 g/mol. The Morgan fingerprint density at radius 3 is 2.03 bits per heavy atom. The molecule has 0 aromatic heterocycles. The summed E-state index contributed by atoms with van der Waals surface area (Å²) in [6.07, 6.45) is 8.32. The van der Waals surface area contributed by atoms with E-state index in [1.807, 2.05) is 24.3 Å². The minimum atomic E-state index is -0.433. The van der Waals surface area contributed by atoms with Crippen molar-refractivity contribution in [1.82, 2.24) is 0 Å². The van der Waals surface area contributed by atoms with E-state index in [4.69, 9.17) is 9.47 Å². The van der Waals surface area contributed by atoms with Crippen molar-refractivity contribution in [3.8, 4) is 11.5 Å². The zero-order chi connectivity index (χ0) is 23.6. The van der Waals surface area contributed by atoms with Crippen LogP contribution in [0.25, 0.3) is 0 Å². The third-order valence-electron chi connectivity index (χ3n) is 5.94. The van der Waals surface area contributed by atoms with Gasteiger partial charge in [-0.25, -0.2) is 0 Å². The molecule has 0 heterocycles. The summed E-state index contributed by atoms with van der Waals surface area (Å²) in [7, 11) is 0. The molecule has 1 saturated carbocycles. The molecule has 0 unspecified atom stereocenters. The SMILES string of the molecule is O=[N+]([O-])c1ccc(NN=Cc2ccc(OCCOc3ccc(C4CCCCC4)cc3)cc2)cc1. The zero-order valence-electron chi connectivity index (χ0n) is 19.1. The molecule has 3 aromatic rings. The van der Waals surface area contributed by atoms with Gasteiger partial charge >= 0.3 is 0 Å². The maximum absolute atomic E-state index is 10.7. The Morgan fingerprint density at radius 2 is 1.44 bits per heavy atom. The molecule has 3 aromatic carbocycles. The molecule has 176 valence electrons. The lowest BCUT2D eigenvalue weighted by atomic mass is 9.84. The molecule has 0 radical (unpaired) electrons. The highest BCUT2D eigenvalue weighted by molar-refractivity contribution is 5.80. The summed E-state index contributed by atoms with van der Waals surface area (Å²) in [5, 5.41) is 14.8. The van der Waals surface area contributed by atoms with Crippen LogP contribution in [0, 0.1) is 10.1 Å². The number of anilines is 1. The van der Waals surface area contributed by atoms with E-state index in [0.717, 1.165) is 17.1 Å². The summed E-state index contributed by atoms with van der Waals surface area (Å²) in [6, 6.07) is 22.2. The van der Waals surface area contributed by atoms with Crippen LogP contribution in [-0.2, 0) is 0 Å². The van der Waals surface area contributed by atoms with Crippen LogP contribution in [0.4, 0.5) is 11.4 Å². The smallest absolute Gasteiger partial charge is 0.269 e. The largest absolute Gasteiger partial charge is 0.490 e. The maximum atomic E-state index is 10.7. The van der Waals surface area contributed by atoms with Crippen LogP contribution in [0.2, 0.25) is 0 Å². The molecular formula is C27H29N3O4. The van der Waals surface area contributed by atoms with Gasteiger partial charge in [-0.05, 0) is 78.4 Å². The van der Waals surface area contributed by atoms with Gasteiger partial charge in [-0.3, -0.25) is 15.5 Å². The van der Waals surface area contributed by atoms with Crippen molar-refractivity contribution in [2.75, 3.05) is 18.6 Å². The fraction of sp³-hybridized carbons (Fsp3) is 0.296. The van der Waals surface area contributed by atoms with Crippen LogP contribution in [0.3, 0.4) is 0 Å². The highest BCUT2D eigenvalue weighted by Gasteiger charge is 2.15. The van der Waals surface area contributed by atoms with Crippen LogP contribution in [0.5, 0.6) is 11.5 Å². The van der Waals surface area contributed by atoms with Gasteiger partial charge in [-0.2, -0.15) is 5.10 Å². The zero-order valence-corrected chi connectivity index (χ0v) is 19.1. The number of nitrogens with one attached hydrogen (secondary N) is 1. The van der Waals surface area contributed by atoms with Gasteiger partial charge in [0, 0.05) is 12.1 Å². The number of nitro benzene ring substituents is 1. The summed E-state index contributed by atoms with van der Waals surface area (Å²) in [5.74, 6) is 2.34. The second-order valence-electron chi connectivity index (χ2n) is 8.34. The Bertz CT molecular complexity index is 1070. The quantitative estimate of drug-likeness (QED) is 0.161. The lowest BCUT2D eigenvalue weighted by Crippen LogP contribution is -2.09. The number of non-ortho nitro benzene ring substituents is 1. The topological polar surface area (TPSA) is 86.0 Å². The van der Waals surface area contributed by atoms with E-state index < -0.39 is 4.92 Å². The monoisotopic (exact) mass is 459 g/mol. The second-order valence-corrected chi connectivity index (χ2v) is 8.34. The highest BCUT2D eigenvalue weighted by Crippen LogP contribution is 2.33. The minimum absolute atomic E-state index is 0.0445. The first-order valence-corrected chi connectivity index (χ1v) is 11.7. The lowest BCUT2D eigenvalue weighted by molar-refractivity contribution is -0.384. The first-order chi connectivity index (χ1) is 16.7. The number of rotatable bonds is 10. The van der Waals surface area contributed by atoms with Crippen molar-refractivity contribution < 1.29 is 14.4 Å². The van der Waals surface area contributed by atoms with E-state index in [1.165, 1.54) is 49.8 Å². The molecule has 0 amide bonds. The van der Waals surface area contributed by atoms with Crippen molar-refractivity contribution in [3.05, 3.63) is 94.0 Å². The predicted molar refractivity (Wildman–Crippen MR) is 134 cm³/mol. The van der Waals surface area contributed by atoms with E-state index in [9.17, 15) is 10.1 Å². The van der Waals surface area contributed by atoms with Gasteiger partial charge in [0.1, 0.15) is 24.7 Å². The van der Waals surface area contributed by atoms with Crippen LogP contribution >= 0.6 is 0 Å². The van der Waals surface area contributed by atoms with Gasteiger partial charge in [0.25, 0.3) is 5.69 Å². The highest BCUT2D eigenvalue weighted by atomic mass is 16.6. The molecule has 1 aliphatic carbocycles. The molecule has 1 fully saturated rings. The van der Waals surface area contributed by atoms with Crippen LogP contribution in [-0.4, -0.2) is 24.4 Å². The van der Waals surface area contributed by atoms with Crippen LogP contribution in [0.1, 0.15) is 49.1 Å². The third-order valence-corrected chi connectivity index (χ3v) is 5.94. The van der Waals surface area contributed by atoms with Crippen LogP contribution < -0.4 is 14.9 Å². The molecule has 1 N–H and O–H groups in total. The number of hydrogen-bond donors (Lipinski definition) is 1. The Hall–Kier alpha value is -3.87. The molecule has 0 saturated heterocycles. The van der Waals surface area contributed by atoms with Crippen molar-refractivity contribution in [1.29, 1.82) is 0 Å². The van der Waals surface area contributed by atoms with Gasteiger partial charge in [0.05, 0.1) is 16.8 Å². The van der Waals surface area contributed by atoms with Gasteiger partial charge < -0.3 is 9.47 Å². The van der Waals surface area contributed by atoms with E-state index in [-0.39, 0.29) is 5.69 Å². The number of hydrazone groups is 1. The number of hydrogen-bond acceptors (Lipinski definition) is 6. The summed E-state index contributed by atoms with van der Waals surface area (Å²) < 4.78 is 11.6. The average Bonchev–Trinajstić information content (AvgIpc) is 2.89. The van der Waals surface area contributed by atoms with E-state index in [0.29, 0.717) is 24.8 Å². The van der Waals surface area contributed by atoms with Gasteiger partial charge in [-0.1, -0.05) is 31.4 Å². The molecule has 7 nitrogen and oxygen atoms in total. The van der Waals surface area contributed by atoms with Gasteiger partial charge in [0.2, 0.25) is 0 Å². The molecule has 4 rings (SSSR count). The summed E-state index contributed by atoms with van der Waals surface area (Å²) >= 11 is 0. The molecule has 0 atom stereocenters. The standard InChI is InChI=1S/C27H29N3O4/c31-30(32)25-12-10-24(11-13-25)29-28-20-21-6-14-26(15-7-21)33-18-19-34-27-16-8-23(9-17-27)22-4-2-1-3-5-22/h6-17,20,22,29H,1-5,18-19H2. The fourth-order valence-corrected chi connectivity index (χ4v) is 4.08. The summed E-state index contributed by atoms with van der Waals surface area (Å²) in [5.41, 5.74) is 5.89. The Kier molecular flexibility index (Phi) is 8.11. The molecule has 34 heavy (non-hydrogen) atoms. The fourth-order valence-electron chi connectivity index (χ4n) is 4.08. The van der Waals surface area contributed by atoms with E-state index >= 15 is 0 Å². The number of ether oxygens (including phenoxy) is 2. The Morgan fingerprint density at radius 1 is 0.853 bits per heavy atom. The minimum Gasteiger partial charge on any atom is -0.490 e. The number of benzene rings is 3. The molecule has 0 spiro atoms. The number of nitro groups is 1. The molecule has 0 aliphatic heterocycles. The third kappa shape index (κ3) is 6.81. The van der Waals surface area contributed by atoms with Gasteiger partial charge in [0.15, 0.2) is 0 Å². The Balaban J connectivity index is 1.16. The molecule has 7 heteroatoms. The summed E-state index contributed by atoms with van der Waals surface area (Å²) in [6.45, 7) is 0.935. The van der Waals surface area contributed by atoms with E-state index in [1.54, 1.807) is 18.3 Å². The molecule has 1 aliphatic rings. The van der Waals surface area contributed by atoms with Crippen molar-refractivity contribution >= 4 is 17.6 Å². The van der Waals surface area contributed by atoms with Crippen molar-refractivity contribution in [3.63, 3.8) is 0 Å². The first-order valence-electron chi connectivity index (χ1n) is 11.7. The molecule has 0 bridgehead atoms. The normalized spacial score (nSPS) is 14.1. The molecular weight excluding hydrogens is 430 g/mol. The lowest BCUT2D eigenvalue weighted by Gasteiger charge is -2.22. The summed E-state index contributed by atoms with van der Waals surface area (Å²) in [4.78, 5) is 10.3. The van der Waals surface area contributed by atoms with Crippen molar-refractivity contribution in [2.24, 2.45) is 5.10 Å².